The summed E-state index contributed by atoms with van der Waals surface area (Å²) >= 11 is 0. The Bertz CT molecular complexity index is 1060. The molecule has 2 amide bonds. The van der Waals surface area contributed by atoms with Crippen LogP contribution in [0.1, 0.15) is 30.0 Å². The second kappa shape index (κ2) is 8.02. The quantitative estimate of drug-likeness (QED) is 0.564. The van der Waals surface area contributed by atoms with Crippen LogP contribution in [-0.2, 0) is 15.0 Å². The molecule has 0 aliphatic heterocycles. The summed E-state index contributed by atoms with van der Waals surface area (Å²) in [6.07, 6.45) is 3.18. The number of methoxy groups -OCH3 is 1. The summed E-state index contributed by atoms with van der Waals surface area (Å²) in [5.41, 5.74) is 2.85. The van der Waals surface area contributed by atoms with E-state index in [1.165, 1.54) is 0 Å². The van der Waals surface area contributed by atoms with Crippen molar-refractivity contribution >= 4 is 11.8 Å². The molecule has 3 N–H and O–H groups in total. The molecule has 4 rings (SSSR count). The number of aromatic nitrogens is 2. The van der Waals surface area contributed by atoms with E-state index in [1.54, 1.807) is 44.6 Å². The van der Waals surface area contributed by atoms with Gasteiger partial charge in [-0.25, -0.2) is 0 Å². The van der Waals surface area contributed by atoms with Gasteiger partial charge in [0.05, 0.1) is 18.2 Å². The number of benzene rings is 2. The van der Waals surface area contributed by atoms with Gasteiger partial charge in [0.25, 0.3) is 0 Å². The van der Waals surface area contributed by atoms with E-state index in [0.29, 0.717) is 11.3 Å². The lowest BCUT2D eigenvalue weighted by molar-refractivity contribution is -0.130. The average molecular weight is 404 g/mol. The van der Waals surface area contributed by atoms with Crippen LogP contribution in [0.25, 0.3) is 11.3 Å². The minimum Gasteiger partial charge on any atom is -0.497 e. The lowest BCUT2D eigenvalue weighted by Gasteiger charge is -2.23. The van der Waals surface area contributed by atoms with Crippen LogP contribution in [0.3, 0.4) is 0 Å². The van der Waals surface area contributed by atoms with Gasteiger partial charge in [0.1, 0.15) is 11.8 Å². The van der Waals surface area contributed by atoms with E-state index < -0.39 is 11.5 Å². The highest BCUT2D eigenvalue weighted by atomic mass is 16.5. The number of nitrogens with zero attached hydrogens (tertiary/aromatic N) is 1. The minimum atomic E-state index is -0.800. The molecule has 0 radical (unpaired) electrons. The molecule has 1 unspecified atom stereocenters. The van der Waals surface area contributed by atoms with Crippen molar-refractivity contribution in [2.75, 3.05) is 14.2 Å². The van der Waals surface area contributed by atoms with Crippen molar-refractivity contribution in [1.82, 2.24) is 20.8 Å². The maximum absolute atomic E-state index is 13.3. The highest BCUT2D eigenvalue weighted by molar-refractivity contribution is 5.95. The molecule has 1 fully saturated rings. The number of hydrogen-bond acceptors (Lipinski definition) is 4. The van der Waals surface area contributed by atoms with Gasteiger partial charge in [-0.1, -0.05) is 30.3 Å². The van der Waals surface area contributed by atoms with Gasteiger partial charge in [-0.3, -0.25) is 14.7 Å². The molecular weight excluding hydrogens is 380 g/mol. The van der Waals surface area contributed by atoms with E-state index in [-0.39, 0.29) is 11.8 Å². The van der Waals surface area contributed by atoms with Crippen LogP contribution >= 0.6 is 0 Å². The number of likely N-dealkylation sites (N-methyl/N-ethyl adjacent to an activating group) is 1. The third-order valence-electron chi connectivity index (χ3n) is 5.62. The number of rotatable bonds is 7. The molecule has 1 aromatic heterocycles. The summed E-state index contributed by atoms with van der Waals surface area (Å²) in [5, 5.41) is 12.6. The van der Waals surface area contributed by atoms with Gasteiger partial charge in [-0.15, -0.1) is 0 Å². The second-order valence-corrected chi connectivity index (χ2v) is 7.43. The topological polar surface area (TPSA) is 96.1 Å². The summed E-state index contributed by atoms with van der Waals surface area (Å²) in [4.78, 5) is 25.9. The van der Waals surface area contributed by atoms with Crippen LogP contribution in [0, 0.1) is 0 Å². The first-order valence-electron chi connectivity index (χ1n) is 9.84. The molecule has 3 aromatic rings. The van der Waals surface area contributed by atoms with Crippen molar-refractivity contribution in [2.24, 2.45) is 0 Å². The first kappa shape index (κ1) is 19.7. The first-order valence-corrected chi connectivity index (χ1v) is 9.84. The fourth-order valence-electron chi connectivity index (χ4n) is 3.71. The van der Waals surface area contributed by atoms with Crippen LogP contribution in [-0.4, -0.2) is 36.2 Å². The minimum absolute atomic E-state index is 0.152. The molecule has 7 nitrogen and oxygen atoms in total. The lowest BCUT2D eigenvalue weighted by atomic mass is 9.92. The predicted molar refractivity (Wildman–Crippen MR) is 113 cm³/mol. The monoisotopic (exact) mass is 404 g/mol. The molecule has 1 heterocycles. The molecule has 1 atom stereocenters. The number of nitrogens with one attached hydrogen (secondary N) is 3. The maximum Gasteiger partial charge on any atom is 0.246 e. The summed E-state index contributed by atoms with van der Waals surface area (Å²) < 4.78 is 5.27. The van der Waals surface area contributed by atoms with Crippen molar-refractivity contribution in [3.8, 4) is 17.0 Å². The standard InChI is InChI=1S/C23H24N4O3/c1-24-21(28)20(16-6-4-8-18(14-16)30-2)26-22(29)23(10-11-23)17-7-3-5-15(13-17)19-9-12-25-27-19/h3-9,12-14,20H,10-11H2,1-2H3,(H,24,28)(H,25,27)(H,26,29). The maximum atomic E-state index is 13.3. The molecule has 1 aliphatic carbocycles. The average Bonchev–Trinajstić information content (AvgIpc) is 3.43. The van der Waals surface area contributed by atoms with E-state index in [9.17, 15) is 9.59 Å². The van der Waals surface area contributed by atoms with E-state index in [2.05, 4.69) is 20.8 Å². The molecule has 7 heteroatoms. The number of carbonyl (C=O) groups is 2. The fraction of sp³-hybridized carbons (Fsp3) is 0.261. The largest absolute Gasteiger partial charge is 0.497 e. The van der Waals surface area contributed by atoms with Crippen molar-refractivity contribution < 1.29 is 14.3 Å². The zero-order chi connectivity index (χ0) is 21.1. The zero-order valence-corrected chi connectivity index (χ0v) is 16.9. The van der Waals surface area contributed by atoms with Crippen LogP contribution < -0.4 is 15.4 Å². The van der Waals surface area contributed by atoms with Gasteiger partial charge >= 0.3 is 0 Å². The third-order valence-corrected chi connectivity index (χ3v) is 5.62. The Hall–Kier alpha value is -3.61. The number of H-pyrrole nitrogens is 1. The molecule has 30 heavy (non-hydrogen) atoms. The number of hydrogen-bond donors (Lipinski definition) is 3. The van der Waals surface area contributed by atoms with Gasteiger partial charge in [-0.05, 0) is 53.8 Å². The Morgan fingerprint density at radius 3 is 2.60 bits per heavy atom. The first-order chi connectivity index (χ1) is 14.6. The Labute approximate surface area is 174 Å². The highest BCUT2D eigenvalue weighted by Crippen LogP contribution is 2.49. The molecule has 1 saturated carbocycles. The number of aromatic amines is 1. The van der Waals surface area contributed by atoms with E-state index in [4.69, 9.17) is 4.74 Å². The van der Waals surface area contributed by atoms with Gasteiger partial charge in [0.15, 0.2) is 0 Å². The van der Waals surface area contributed by atoms with Gasteiger partial charge in [0.2, 0.25) is 11.8 Å². The summed E-state index contributed by atoms with van der Waals surface area (Å²) in [6.45, 7) is 0. The Morgan fingerprint density at radius 2 is 1.93 bits per heavy atom. The SMILES string of the molecule is CNC(=O)C(NC(=O)C1(c2cccc(-c3ccn[nH]3)c2)CC1)c1cccc(OC)c1. The van der Waals surface area contributed by atoms with Crippen molar-refractivity contribution in [1.29, 1.82) is 0 Å². The molecule has 0 saturated heterocycles. The zero-order valence-electron chi connectivity index (χ0n) is 16.9. The highest BCUT2D eigenvalue weighted by Gasteiger charge is 2.52. The number of ether oxygens (including phenoxy) is 1. The van der Waals surface area contributed by atoms with E-state index in [1.807, 2.05) is 30.3 Å². The Balaban J connectivity index is 1.61. The molecular formula is C23H24N4O3. The fourth-order valence-corrected chi connectivity index (χ4v) is 3.71. The summed E-state index contributed by atoms with van der Waals surface area (Å²) in [7, 11) is 3.13. The van der Waals surface area contributed by atoms with Gasteiger partial charge in [-0.2, -0.15) is 5.10 Å². The Morgan fingerprint density at radius 1 is 1.13 bits per heavy atom. The normalized spacial score (nSPS) is 15.1. The van der Waals surface area contributed by atoms with Crippen LogP contribution in [0.5, 0.6) is 5.75 Å². The summed E-state index contributed by atoms with van der Waals surface area (Å²) in [6, 6.07) is 16.2. The predicted octanol–water partition coefficient (Wildman–Crippen LogP) is 2.72. The van der Waals surface area contributed by atoms with Crippen molar-refractivity contribution in [3.63, 3.8) is 0 Å². The lowest BCUT2D eigenvalue weighted by Crippen LogP contribution is -2.43. The summed E-state index contributed by atoms with van der Waals surface area (Å²) in [5.74, 6) is 0.198. The molecule has 154 valence electrons. The molecule has 0 bridgehead atoms. The van der Waals surface area contributed by atoms with E-state index >= 15 is 0 Å². The number of amides is 2. The Kier molecular flexibility index (Phi) is 5.27. The van der Waals surface area contributed by atoms with Crippen LogP contribution in [0.15, 0.2) is 60.8 Å². The van der Waals surface area contributed by atoms with Crippen molar-refractivity contribution in [2.45, 2.75) is 24.3 Å². The van der Waals surface area contributed by atoms with Gasteiger partial charge < -0.3 is 15.4 Å². The molecule has 2 aromatic carbocycles. The second-order valence-electron chi connectivity index (χ2n) is 7.43. The number of carbonyl (C=O) groups excluding carboxylic acids is 2. The van der Waals surface area contributed by atoms with Crippen molar-refractivity contribution in [3.05, 3.63) is 71.9 Å². The smallest absolute Gasteiger partial charge is 0.246 e. The van der Waals surface area contributed by atoms with Crippen LogP contribution in [0.2, 0.25) is 0 Å². The van der Waals surface area contributed by atoms with E-state index in [0.717, 1.165) is 29.7 Å². The van der Waals surface area contributed by atoms with Gasteiger partial charge in [0, 0.05) is 13.2 Å². The van der Waals surface area contributed by atoms with Crippen LogP contribution in [0.4, 0.5) is 0 Å². The third kappa shape index (κ3) is 3.66. The molecule has 1 aliphatic rings. The molecule has 0 spiro atoms.